The molecule has 1 aliphatic heterocycles. The van der Waals surface area contributed by atoms with Gasteiger partial charge >= 0.3 is 0 Å². The van der Waals surface area contributed by atoms with E-state index in [2.05, 4.69) is 0 Å². The number of nitrogens with zero attached hydrogens (tertiary/aromatic N) is 1. The van der Waals surface area contributed by atoms with Crippen LogP contribution in [0.15, 0.2) is 72.3 Å². The number of ketones is 1. The fourth-order valence-corrected chi connectivity index (χ4v) is 4.47. The highest BCUT2D eigenvalue weighted by atomic mass is 19.1. The molecule has 180 valence electrons. The van der Waals surface area contributed by atoms with E-state index >= 15 is 0 Å². The maximum absolute atomic E-state index is 14.1. The van der Waals surface area contributed by atoms with Gasteiger partial charge in [0.1, 0.15) is 17.3 Å². The molecule has 0 spiro atoms. The van der Waals surface area contributed by atoms with Crippen LogP contribution in [0.1, 0.15) is 55.0 Å². The Hall–Kier alpha value is -3.93. The normalized spacial score (nSPS) is 17.3. The molecule has 4 rings (SSSR count). The highest BCUT2D eigenvalue weighted by Gasteiger charge is 2.47. The molecule has 3 aromatic rings. The number of aliphatic hydroxyl groups excluding tert-OH is 1. The Kier molecular flexibility index (Phi) is 6.74. The first-order chi connectivity index (χ1) is 16.7. The Bertz CT molecular complexity index is 1330. The molecule has 1 N–H and O–H groups in total. The summed E-state index contributed by atoms with van der Waals surface area (Å²) in [6, 6.07) is 17.2. The van der Waals surface area contributed by atoms with Gasteiger partial charge in [-0.25, -0.2) is 4.39 Å². The predicted octanol–water partition coefficient (Wildman–Crippen LogP) is 6.28. The standard InChI is InChI=1S/C29H28FNO4/c1-5-35-24-13-12-20(15-23(24)17(2)3)27(32)25-26(19-9-6-8-18(4)14-19)31(29(34)28(25)33)22-11-7-10-21(30)16-22/h6-17,26,32H,5H2,1-4H3/b27-25-. The molecule has 1 fully saturated rings. The van der Waals surface area contributed by atoms with E-state index in [1.807, 2.05) is 45.9 Å². The van der Waals surface area contributed by atoms with E-state index in [-0.39, 0.29) is 22.9 Å². The smallest absolute Gasteiger partial charge is 0.300 e. The first kappa shape index (κ1) is 24.2. The van der Waals surface area contributed by atoms with Crippen molar-refractivity contribution in [1.82, 2.24) is 0 Å². The van der Waals surface area contributed by atoms with Crippen LogP contribution < -0.4 is 9.64 Å². The van der Waals surface area contributed by atoms with Crippen LogP contribution in [0, 0.1) is 12.7 Å². The third-order valence-corrected chi connectivity index (χ3v) is 6.09. The predicted molar refractivity (Wildman–Crippen MR) is 134 cm³/mol. The molecule has 1 heterocycles. The van der Waals surface area contributed by atoms with Gasteiger partial charge < -0.3 is 9.84 Å². The van der Waals surface area contributed by atoms with E-state index in [0.717, 1.165) is 11.1 Å². The second-order valence-corrected chi connectivity index (χ2v) is 8.90. The molecule has 0 bridgehead atoms. The van der Waals surface area contributed by atoms with Gasteiger partial charge in [-0.3, -0.25) is 14.5 Å². The average Bonchev–Trinajstić information content (AvgIpc) is 3.09. The van der Waals surface area contributed by atoms with Gasteiger partial charge in [-0.15, -0.1) is 0 Å². The number of halogens is 1. The van der Waals surface area contributed by atoms with Gasteiger partial charge in [0.05, 0.1) is 18.2 Å². The number of amides is 1. The monoisotopic (exact) mass is 473 g/mol. The van der Waals surface area contributed by atoms with Crippen LogP contribution in [0.3, 0.4) is 0 Å². The van der Waals surface area contributed by atoms with Crippen molar-refractivity contribution >= 4 is 23.1 Å². The molecule has 0 aromatic heterocycles. The quantitative estimate of drug-likeness (QED) is 0.260. The number of Topliss-reactive ketones (excluding diaryl/α,β-unsaturated/α-hetero) is 1. The molecular formula is C29H28FNO4. The second-order valence-electron chi connectivity index (χ2n) is 8.90. The van der Waals surface area contributed by atoms with Crippen LogP contribution in [-0.2, 0) is 9.59 Å². The molecule has 0 saturated carbocycles. The van der Waals surface area contributed by atoms with E-state index < -0.39 is 23.5 Å². The van der Waals surface area contributed by atoms with Crippen molar-refractivity contribution in [2.75, 3.05) is 11.5 Å². The zero-order valence-corrected chi connectivity index (χ0v) is 20.2. The largest absolute Gasteiger partial charge is 0.507 e. The second kappa shape index (κ2) is 9.74. The lowest BCUT2D eigenvalue weighted by atomic mass is 9.92. The average molecular weight is 474 g/mol. The third kappa shape index (κ3) is 4.56. The summed E-state index contributed by atoms with van der Waals surface area (Å²) in [5, 5.41) is 11.4. The van der Waals surface area contributed by atoms with Crippen molar-refractivity contribution in [3.63, 3.8) is 0 Å². The van der Waals surface area contributed by atoms with E-state index in [0.29, 0.717) is 23.5 Å². The summed E-state index contributed by atoms with van der Waals surface area (Å²) in [4.78, 5) is 27.8. The third-order valence-electron chi connectivity index (χ3n) is 6.09. The lowest BCUT2D eigenvalue weighted by molar-refractivity contribution is -0.132. The number of aliphatic hydroxyl groups is 1. The van der Waals surface area contributed by atoms with Crippen molar-refractivity contribution in [3.8, 4) is 5.75 Å². The number of aryl methyl sites for hydroxylation is 1. The number of hydrogen-bond acceptors (Lipinski definition) is 4. The van der Waals surface area contributed by atoms with Gasteiger partial charge in [0.2, 0.25) is 0 Å². The summed E-state index contributed by atoms with van der Waals surface area (Å²) in [5.41, 5.74) is 3.06. The van der Waals surface area contributed by atoms with Crippen molar-refractivity contribution in [1.29, 1.82) is 0 Å². The summed E-state index contributed by atoms with van der Waals surface area (Å²) in [5.74, 6) is -1.64. The van der Waals surface area contributed by atoms with Gasteiger partial charge in [0, 0.05) is 11.3 Å². The van der Waals surface area contributed by atoms with Crippen LogP contribution in [0.2, 0.25) is 0 Å². The number of ether oxygens (including phenoxy) is 1. The minimum absolute atomic E-state index is 0.0382. The molecular weight excluding hydrogens is 445 g/mol. The maximum atomic E-state index is 14.1. The summed E-state index contributed by atoms with van der Waals surface area (Å²) in [7, 11) is 0. The van der Waals surface area contributed by atoms with Crippen LogP contribution >= 0.6 is 0 Å². The molecule has 35 heavy (non-hydrogen) atoms. The number of carbonyl (C=O) groups excluding carboxylic acids is 2. The number of anilines is 1. The first-order valence-electron chi connectivity index (χ1n) is 11.6. The molecule has 1 saturated heterocycles. The van der Waals surface area contributed by atoms with E-state index in [1.165, 1.54) is 23.1 Å². The molecule has 0 aliphatic carbocycles. The van der Waals surface area contributed by atoms with Crippen LogP contribution in [0.25, 0.3) is 5.76 Å². The van der Waals surface area contributed by atoms with Gasteiger partial charge in [-0.1, -0.05) is 49.7 Å². The number of rotatable bonds is 6. The van der Waals surface area contributed by atoms with Gasteiger partial charge in [-0.2, -0.15) is 0 Å². The first-order valence-corrected chi connectivity index (χ1v) is 11.6. The molecule has 1 atom stereocenters. The highest BCUT2D eigenvalue weighted by molar-refractivity contribution is 6.51. The lowest BCUT2D eigenvalue weighted by Crippen LogP contribution is -2.29. The number of hydrogen-bond donors (Lipinski definition) is 1. The number of carbonyl (C=O) groups is 2. The van der Waals surface area contributed by atoms with Crippen LogP contribution in [0.4, 0.5) is 10.1 Å². The summed E-state index contributed by atoms with van der Waals surface area (Å²) in [6.07, 6.45) is 0. The van der Waals surface area contributed by atoms with E-state index in [4.69, 9.17) is 4.74 Å². The molecule has 5 nitrogen and oxygen atoms in total. The molecule has 6 heteroatoms. The zero-order valence-electron chi connectivity index (χ0n) is 20.2. The molecule has 0 radical (unpaired) electrons. The number of benzene rings is 3. The van der Waals surface area contributed by atoms with Crippen LogP contribution in [0.5, 0.6) is 5.75 Å². The van der Waals surface area contributed by atoms with Crippen molar-refractivity contribution in [2.45, 2.75) is 39.7 Å². The summed E-state index contributed by atoms with van der Waals surface area (Å²) in [6.45, 7) is 8.32. The Morgan fingerprint density at radius 3 is 2.46 bits per heavy atom. The lowest BCUT2D eigenvalue weighted by Gasteiger charge is -2.26. The molecule has 1 unspecified atom stereocenters. The highest BCUT2D eigenvalue weighted by Crippen LogP contribution is 2.43. The topological polar surface area (TPSA) is 66.8 Å². The van der Waals surface area contributed by atoms with Gasteiger partial charge in [0.25, 0.3) is 11.7 Å². The van der Waals surface area contributed by atoms with Crippen molar-refractivity contribution in [3.05, 3.63) is 100 Å². The Morgan fingerprint density at radius 1 is 1.06 bits per heavy atom. The molecule has 1 amide bonds. The fourth-order valence-electron chi connectivity index (χ4n) is 4.47. The van der Waals surface area contributed by atoms with E-state index in [9.17, 15) is 19.1 Å². The van der Waals surface area contributed by atoms with Crippen LogP contribution in [-0.4, -0.2) is 23.4 Å². The summed E-state index contributed by atoms with van der Waals surface area (Å²) < 4.78 is 19.8. The zero-order chi connectivity index (χ0) is 25.3. The molecule has 3 aromatic carbocycles. The molecule has 1 aliphatic rings. The Morgan fingerprint density at radius 2 is 1.80 bits per heavy atom. The minimum Gasteiger partial charge on any atom is -0.507 e. The SMILES string of the molecule is CCOc1ccc(/C(O)=C2/C(=O)C(=O)N(c3cccc(F)c3)C2c2cccc(C)c2)cc1C(C)C. The minimum atomic E-state index is -0.911. The van der Waals surface area contributed by atoms with Crippen molar-refractivity contribution in [2.24, 2.45) is 0 Å². The Labute approximate surface area is 204 Å². The van der Waals surface area contributed by atoms with E-state index in [1.54, 1.807) is 30.3 Å². The van der Waals surface area contributed by atoms with Gasteiger partial charge in [0.15, 0.2) is 0 Å². The Balaban J connectivity index is 1.94. The van der Waals surface area contributed by atoms with Gasteiger partial charge in [-0.05, 0) is 67.3 Å². The fraction of sp³-hybridized carbons (Fsp3) is 0.241. The maximum Gasteiger partial charge on any atom is 0.300 e. The van der Waals surface area contributed by atoms with Crippen molar-refractivity contribution < 1.29 is 23.8 Å². The summed E-state index contributed by atoms with van der Waals surface area (Å²) >= 11 is 0.